The zero-order valence-corrected chi connectivity index (χ0v) is 27.4. The molecule has 2 aliphatic heterocycles. The topological polar surface area (TPSA) is 80.6 Å². The third-order valence-electron chi connectivity index (χ3n) is 9.44. The SMILES string of the molecule is O=C1Nc2cc(CCOc3ccc(N4CCOCC4)cc3)ccc2Nc2cc(-c3cn(CCCc4ccccc4)c4cnccc34)ccc21. The van der Waals surface area contributed by atoms with E-state index in [1.807, 2.05) is 48.8 Å². The van der Waals surface area contributed by atoms with Gasteiger partial charge in [0.05, 0.1) is 54.2 Å². The van der Waals surface area contributed by atoms with Crippen molar-refractivity contribution in [2.45, 2.75) is 25.8 Å². The highest BCUT2D eigenvalue weighted by molar-refractivity contribution is 6.13. The Kier molecular flexibility index (Phi) is 8.69. The molecule has 0 radical (unpaired) electrons. The van der Waals surface area contributed by atoms with Crippen molar-refractivity contribution in [3.05, 3.63) is 132 Å². The van der Waals surface area contributed by atoms with Crippen molar-refractivity contribution in [2.24, 2.45) is 0 Å². The first-order valence-electron chi connectivity index (χ1n) is 17.1. The van der Waals surface area contributed by atoms with Gasteiger partial charge in [-0.1, -0.05) is 42.5 Å². The van der Waals surface area contributed by atoms with Crippen molar-refractivity contribution in [1.82, 2.24) is 9.55 Å². The molecule has 8 rings (SSSR count). The fourth-order valence-electron chi connectivity index (χ4n) is 6.82. The summed E-state index contributed by atoms with van der Waals surface area (Å²) in [5.41, 5.74) is 9.92. The number of rotatable bonds is 10. The lowest BCUT2D eigenvalue weighted by Crippen LogP contribution is -2.36. The number of hydrogen-bond donors (Lipinski definition) is 2. The summed E-state index contributed by atoms with van der Waals surface area (Å²) in [4.78, 5) is 20.2. The lowest BCUT2D eigenvalue weighted by atomic mass is 10.0. The minimum atomic E-state index is -0.130. The van der Waals surface area contributed by atoms with Crippen LogP contribution in [0.4, 0.5) is 22.7 Å². The molecule has 1 saturated heterocycles. The second-order valence-electron chi connectivity index (χ2n) is 12.6. The Bertz CT molecular complexity index is 2080. The van der Waals surface area contributed by atoms with Crippen LogP contribution in [0.3, 0.4) is 0 Å². The van der Waals surface area contributed by atoms with Crippen LogP contribution in [-0.2, 0) is 24.1 Å². The van der Waals surface area contributed by atoms with Gasteiger partial charge in [-0.2, -0.15) is 0 Å². The van der Waals surface area contributed by atoms with Crippen LogP contribution in [-0.4, -0.2) is 48.4 Å². The molecule has 0 saturated carbocycles. The second-order valence-corrected chi connectivity index (χ2v) is 12.6. The molecule has 4 heterocycles. The average molecular weight is 650 g/mol. The summed E-state index contributed by atoms with van der Waals surface area (Å²) in [5, 5.41) is 7.82. The summed E-state index contributed by atoms with van der Waals surface area (Å²) in [5.74, 6) is 0.716. The van der Waals surface area contributed by atoms with E-state index in [4.69, 9.17) is 9.47 Å². The lowest BCUT2D eigenvalue weighted by molar-refractivity contribution is 0.102. The molecule has 1 fully saturated rings. The number of nitrogens with zero attached hydrogens (tertiary/aromatic N) is 3. The van der Waals surface area contributed by atoms with Crippen LogP contribution in [0.1, 0.15) is 27.9 Å². The van der Waals surface area contributed by atoms with Gasteiger partial charge < -0.3 is 29.6 Å². The number of carbonyl (C=O) groups excluding carboxylic acids is 1. The summed E-state index contributed by atoms with van der Waals surface area (Å²) < 4.78 is 13.8. The van der Waals surface area contributed by atoms with Gasteiger partial charge in [-0.05, 0) is 84.1 Å². The maximum Gasteiger partial charge on any atom is 0.257 e. The van der Waals surface area contributed by atoms with Crippen LogP contribution in [0, 0.1) is 0 Å². The normalized spacial score (nSPS) is 14.0. The number of anilines is 4. The Balaban J connectivity index is 0.957. The molecule has 2 aliphatic rings. The van der Waals surface area contributed by atoms with Gasteiger partial charge in [0.15, 0.2) is 0 Å². The van der Waals surface area contributed by atoms with Crippen molar-refractivity contribution >= 4 is 39.6 Å². The number of fused-ring (bicyclic) bond motifs is 3. The molecule has 8 heteroatoms. The zero-order chi connectivity index (χ0) is 33.0. The largest absolute Gasteiger partial charge is 0.493 e. The summed E-state index contributed by atoms with van der Waals surface area (Å²) >= 11 is 0. The molecular formula is C41H39N5O3. The summed E-state index contributed by atoms with van der Waals surface area (Å²) in [6, 6.07) is 33.1. The van der Waals surface area contributed by atoms with Crippen LogP contribution in [0.2, 0.25) is 0 Å². The van der Waals surface area contributed by atoms with Gasteiger partial charge in [0, 0.05) is 55.1 Å². The average Bonchev–Trinajstić information content (AvgIpc) is 3.45. The number of morpholine rings is 1. The molecule has 4 aromatic carbocycles. The van der Waals surface area contributed by atoms with Gasteiger partial charge in [-0.3, -0.25) is 9.78 Å². The minimum Gasteiger partial charge on any atom is -0.493 e. The van der Waals surface area contributed by atoms with Crippen molar-refractivity contribution in [3.8, 4) is 16.9 Å². The monoisotopic (exact) mass is 649 g/mol. The lowest BCUT2D eigenvalue weighted by Gasteiger charge is -2.28. The van der Waals surface area contributed by atoms with Crippen LogP contribution in [0.15, 0.2) is 116 Å². The van der Waals surface area contributed by atoms with Crippen molar-refractivity contribution in [3.63, 3.8) is 0 Å². The fraction of sp³-hybridized carbons (Fsp3) is 0.220. The minimum absolute atomic E-state index is 0.130. The highest BCUT2D eigenvalue weighted by atomic mass is 16.5. The van der Waals surface area contributed by atoms with E-state index in [9.17, 15) is 4.79 Å². The van der Waals surface area contributed by atoms with E-state index in [1.165, 1.54) is 11.3 Å². The maximum absolute atomic E-state index is 13.4. The van der Waals surface area contributed by atoms with E-state index in [0.29, 0.717) is 12.2 Å². The van der Waals surface area contributed by atoms with Crippen molar-refractivity contribution in [1.29, 1.82) is 0 Å². The van der Waals surface area contributed by atoms with Gasteiger partial charge in [0.25, 0.3) is 5.91 Å². The number of carbonyl (C=O) groups is 1. The molecule has 2 aromatic heterocycles. The molecule has 246 valence electrons. The van der Waals surface area contributed by atoms with Crippen molar-refractivity contribution in [2.75, 3.05) is 48.4 Å². The molecule has 0 aliphatic carbocycles. The fourth-order valence-corrected chi connectivity index (χ4v) is 6.82. The standard InChI is InChI=1S/C41H39N5O3/c47-41-35-14-9-31(36-28-46(40-27-42-18-16-34(36)40)19-4-7-29-5-2-1-3-6-29)26-38(35)43-37-15-8-30(25-39(37)44-41)17-22-49-33-12-10-32(11-13-33)45-20-23-48-24-21-45/h1-3,5-6,8-16,18,25-28,43H,4,7,17,19-24H2,(H,44,47). The van der Waals surface area contributed by atoms with Crippen LogP contribution < -0.4 is 20.3 Å². The van der Waals surface area contributed by atoms with Crippen molar-refractivity contribution < 1.29 is 14.3 Å². The number of benzene rings is 4. The van der Waals surface area contributed by atoms with E-state index in [2.05, 4.69) is 91.9 Å². The molecule has 8 nitrogen and oxygen atoms in total. The van der Waals surface area contributed by atoms with Crippen LogP contribution in [0.25, 0.3) is 22.0 Å². The Hall–Kier alpha value is -5.60. The number of aromatic nitrogens is 2. The molecule has 2 N–H and O–H groups in total. The molecule has 0 unspecified atom stereocenters. The highest BCUT2D eigenvalue weighted by Gasteiger charge is 2.21. The second kappa shape index (κ2) is 13.9. The Morgan fingerprint density at radius 3 is 2.49 bits per heavy atom. The number of aryl methyl sites for hydroxylation is 2. The predicted molar refractivity (Wildman–Crippen MR) is 196 cm³/mol. The van der Waals surface area contributed by atoms with Crippen LogP contribution in [0.5, 0.6) is 5.75 Å². The highest BCUT2D eigenvalue weighted by Crippen LogP contribution is 2.37. The molecule has 0 bridgehead atoms. The first kappa shape index (κ1) is 30.7. The Labute approximate surface area is 286 Å². The molecule has 49 heavy (non-hydrogen) atoms. The maximum atomic E-state index is 13.4. The first-order chi connectivity index (χ1) is 24.2. The van der Waals surface area contributed by atoms with Crippen LogP contribution >= 0.6 is 0 Å². The number of pyridine rings is 1. The first-order valence-corrected chi connectivity index (χ1v) is 17.1. The van der Waals surface area contributed by atoms with E-state index < -0.39 is 0 Å². The molecule has 6 aromatic rings. The third-order valence-corrected chi connectivity index (χ3v) is 9.44. The summed E-state index contributed by atoms with van der Waals surface area (Å²) in [6.45, 7) is 4.79. The quantitative estimate of drug-likeness (QED) is 0.156. The van der Waals surface area contributed by atoms with E-state index >= 15 is 0 Å². The van der Waals surface area contributed by atoms with E-state index in [0.717, 1.165) is 103 Å². The number of ether oxygens (including phenoxy) is 2. The Morgan fingerprint density at radius 1 is 0.776 bits per heavy atom. The van der Waals surface area contributed by atoms with E-state index in [1.54, 1.807) is 0 Å². The van der Waals surface area contributed by atoms with Gasteiger partial charge in [-0.25, -0.2) is 0 Å². The predicted octanol–water partition coefficient (Wildman–Crippen LogP) is 8.10. The number of amides is 1. The van der Waals surface area contributed by atoms with Gasteiger partial charge in [-0.15, -0.1) is 0 Å². The molecule has 0 spiro atoms. The Morgan fingerprint density at radius 2 is 1.63 bits per heavy atom. The summed E-state index contributed by atoms with van der Waals surface area (Å²) in [7, 11) is 0. The third kappa shape index (κ3) is 6.73. The molecule has 0 atom stereocenters. The number of hydrogen-bond acceptors (Lipinski definition) is 6. The molecular weight excluding hydrogens is 610 g/mol. The van der Waals surface area contributed by atoms with Gasteiger partial charge in [0.1, 0.15) is 5.75 Å². The van der Waals surface area contributed by atoms with E-state index in [-0.39, 0.29) is 5.91 Å². The summed E-state index contributed by atoms with van der Waals surface area (Å²) in [6.07, 6.45) is 8.77. The number of nitrogens with one attached hydrogen (secondary N) is 2. The molecule has 1 amide bonds. The van der Waals surface area contributed by atoms with Gasteiger partial charge >= 0.3 is 0 Å². The zero-order valence-electron chi connectivity index (χ0n) is 27.4. The van der Waals surface area contributed by atoms with Gasteiger partial charge in [0.2, 0.25) is 0 Å². The smallest absolute Gasteiger partial charge is 0.257 e.